The lowest BCUT2D eigenvalue weighted by Gasteiger charge is -2.14. The molecule has 1 aromatic carbocycles. The number of methoxy groups -OCH3 is 1. The van der Waals surface area contributed by atoms with E-state index in [9.17, 15) is 4.39 Å². The van der Waals surface area contributed by atoms with Crippen molar-refractivity contribution >= 4 is 17.5 Å². The second-order valence-electron chi connectivity index (χ2n) is 5.54. The first-order chi connectivity index (χ1) is 12.6. The minimum Gasteiger partial charge on any atom is -0.495 e. The molecule has 8 heteroatoms. The fourth-order valence-electron chi connectivity index (χ4n) is 2.34. The molecule has 2 aromatic rings. The molecule has 1 heterocycles. The fourth-order valence-corrected chi connectivity index (χ4v) is 2.34. The highest BCUT2D eigenvalue weighted by Gasteiger charge is 2.13. The van der Waals surface area contributed by atoms with Gasteiger partial charge in [0.2, 0.25) is 5.95 Å². The zero-order chi connectivity index (χ0) is 18.9. The van der Waals surface area contributed by atoms with Crippen molar-refractivity contribution in [1.29, 1.82) is 5.26 Å². The van der Waals surface area contributed by atoms with E-state index in [1.54, 1.807) is 6.07 Å². The maximum Gasteiger partial charge on any atom is 0.229 e. The van der Waals surface area contributed by atoms with Crippen LogP contribution in [0.1, 0.15) is 31.4 Å². The van der Waals surface area contributed by atoms with Crippen molar-refractivity contribution in [2.45, 2.75) is 26.8 Å². The molecule has 0 aliphatic heterocycles. The van der Waals surface area contributed by atoms with Crippen LogP contribution in [0.4, 0.5) is 21.8 Å². The summed E-state index contributed by atoms with van der Waals surface area (Å²) in [6, 6.07) is 5.03. The zero-order valence-electron chi connectivity index (χ0n) is 15.2. The van der Waals surface area contributed by atoms with E-state index in [4.69, 9.17) is 10.00 Å². The van der Waals surface area contributed by atoms with E-state index < -0.39 is 0 Å². The van der Waals surface area contributed by atoms with Crippen LogP contribution < -0.4 is 20.7 Å². The Morgan fingerprint density at radius 2 is 2.12 bits per heavy atom. The van der Waals surface area contributed by atoms with Crippen molar-refractivity contribution in [2.24, 2.45) is 0 Å². The van der Waals surface area contributed by atoms with Gasteiger partial charge in [-0.2, -0.15) is 10.2 Å². The van der Waals surface area contributed by atoms with Crippen molar-refractivity contribution in [3.63, 3.8) is 0 Å². The van der Waals surface area contributed by atoms with Gasteiger partial charge in [0.15, 0.2) is 0 Å². The Bertz CT molecular complexity index is 790. The minimum atomic E-state index is -0.350. The highest BCUT2D eigenvalue weighted by Crippen LogP contribution is 2.30. The molecule has 0 bridgehead atoms. The van der Waals surface area contributed by atoms with Crippen LogP contribution in [0.15, 0.2) is 18.3 Å². The molecule has 138 valence electrons. The van der Waals surface area contributed by atoms with Gasteiger partial charge in [-0.05, 0) is 26.0 Å². The van der Waals surface area contributed by atoms with E-state index in [1.165, 1.54) is 19.4 Å². The smallest absolute Gasteiger partial charge is 0.229 e. The van der Waals surface area contributed by atoms with Crippen LogP contribution in [0.2, 0.25) is 0 Å². The van der Waals surface area contributed by atoms with Gasteiger partial charge in [0, 0.05) is 24.7 Å². The van der Waals surface area contributed by atoms with Gasteiger partial charge in [-0.3, -0.25) is 0 Å². The molecule has 0 aliphatic rings. The fraction of sp³-hybridized carbons (Fsp3) is 0.389. The largest absolute Gasteiger partial charge is 0.495 e. The maximum atomic E-state index is 14.4. The predicted molar refractivity (Wildman–Crippen MR) is 99.1 cm³/mol. The first-order valence-electron chi connectivity index (χ1n) is 8.48. The summed E-state index contributed by atoms with van der Waals surface area (Å²) in [6.45, 7) is 5.81. The number of hydrogen-bond donors (Lipinski definition) is 3. The summed E-state index contributed by atoms with van der Waals surface area (Å²) in [6.07, 6.45) is 2.39. The van der Waals surface area contributed by atoms with Gasteiger partial charge >= 0.3 is 0 Å². The number of nitrogens with zero attached hydrogens (tertiary/aromatic N) is 3. The molecule has 2 rings (SSSR count). The first-order valence-corrected chi connectivity index (χ1v) is 8.48. The number of hydrogen-bond acceptors (Lipinski definition) is 7. The van der Waals surface area contributed by atoms with E-state index in [1.807, 2.05) is 13.0 Å². The molecule has 0 saturated carbocycles. The summed E-state index contributed by atoms with van der Waals surface area (Å²) in [5.74, 6) is 0.803. The molecular formula is C18H23FN6O. The number of ether oxygens (including phenoxy) is 1. The molecule has 0 amide bonds. The normalized spacial score (nSPS) is 10.3. The van der Waals surface area contributed by atoms with Gasteiger partial charge in [-0.25, -0.2) is 9.37 Å². The summed E-state index contributed by atoms with van der Waals surface area (Å²) in [5, 5.41) is 18.2. The van der Waals surface area contributed by atoms with Crippen LogP contribution in [0.3, 0.4) is 0 Å². The molecule has 0 spiro atoms. The minimum absolute atomic E-state index is 0.245. The lowest BCUT2D eigenvalue weighted by Crippen LogP contribution is -2.15. The molecule has 0 radical (unpaired) electrons. The lowest BCUT2D eigenvalue weighted by atomic mass is 10.1. The predicted octanol–water partition coefficient (Wildman–Crippen LogP) is 3.17. The monoisotopic (exact) mass is 358 g/mol. The Balaban J connectivity index is 2.27. The topological polar surface area (TPSA) is 94.9 Å². The van der Waals surface area contributed by atoms with Gasteiger partial charge in [-0.15, -0.1) is 0 Å². The van der Waals surface area contributed by atoms with Gasteiger partial charge < -0.3 is 20.7 Å². The summed E-state index contributed by atoms with van der Waals surface area (Å²) in [5.41, 5.74) is 1.28. The Kier molecular flexibility index (Phi) is 7.12. The van der Waals surface area contributed by atoms with Crippen molar-refractivity contribution in [3.05, 3.63) is 35.3 Å². The van der Waals surface area contributed by atoms with E-state index in [0.29, 0.717) is 41.5 Å². The number of anilines is 3. The van der Waals surface area contributed by atoms with Gasteiger partial charge in [0.25, 0.3) is 0 Å². The first kappa shape index (κ1) is 19.4. The van der Waals surface area contributed by atoms with Crippen LogP contribution >= 0.6 is 0 Å². The lowest BCUT2D eigenvalue weighted by molar-refractivity contribution is 0.414. The summed E-state index contributed by atoms with van der Waals surface area (Å²) < 4.78 is 19.7. The van der Waals surface area contributed by atoms with Crippen LogP contribution in [-0.2, 0) is 6.54 Å². The van der Waals surface area contributed by atoms with Gasteiger partial charge in [0.05, 0.1) is 19.0 Å². The number of nitrogens with one attached hydrogen (secondary N) is 3. The third-order valence-electron chi connectivity index (χ3n) is 3.61. The van der Waals surface area contributed by atoms with E-state index in [0.717, 1.165) is 13.0 Å². The maximum absolute atomic E-state index is 14.4. The van der Waals surface area contributed by atoms with Crippen LogP contribution in [-0.4, -0.2) is 30.2 Å². The Morgan fingerprint density at radius 3 is 2.77 bits per heavy atom. The van der Waals surface area contributed by atoms with Crippen molar-refractivity contribution < 1.29 is 9.13 Å². The molecule has 0 unspecified atom stereocenters. The molecular weight excluding hydrogens is 335 g/mol. The summed E-state index contributed by atoms with van der Waals surface area (Å²) in [7, 11) is 1.52. The SMILES string of the molecule is CCCNCc1cc(OC)c(Nc2ncc(C#N)c(NCC)n2)cc1F. The van der Waals surface area contributed by atoms with Crippen molar-refractivity contribution in [1.82, 2.24) is 15.3 Å². The second-order valence-corrected chi connectivity index (χ2v) is 5.54. The average molecular weight is 358 g/mol. The van der Waals surface area contributed by atoms with E-state index in [-0.39, 0.29) is 11.8 Å². The average Bonchev–Trinajstić information content (AvgIpc) is 2.64. The Morgan fingerprint density at radius 1 is 1.31 bits per heavy atom. The standard InChI is InChI=1S/C18H23FN6O/c1-4-6-21-10-12-7-16(26-3)15(8-14(12)19)24-18-23-11-13(9-20)17(25-18)22-5-2/h7-8,11,21H,4-6,10H2,1-3H3,(H2,22,23,24,25). The summed E-state index contributed by atoms with van der Waals surface area (Å²) >= 11 is 0. The molecule has 0 saturated heterocycles. The van der Waals surface area contributed by atoms with Crippen LogP contribution in [0.5, 0.6) is 5.75 Å². The van der Waals surface area contributed by atoms with E-state index >= 15 is 0 Å². The second kappa shape index (κ2) is 9.53. The molecule has 3 N–H and O–H groups in total. The molecule has 26 heavy (non-hydrogen) atoms. The number of aromatic nitrogens is 2. The number of halogens is 1. The highest BCUT2D eigenvalue weighted by molar-refractivity contribution is 5.65. The quantitative estimate of drug-likeness (QED) is 0.593. The number of nitriles is 1. The molecule has 0 aliphatic carbocycles. The van der Waals surface area contributed by atoms with Crippen molar-refractivity contribution in [3.8, 4) is 11.8 Å². The molecule has 7 nitrogen and oxygen atoms in total. The summed E-state index contributed by atoms with van der Waals surface area (Å²) in [4.78, 5) is 8.37. The Hall–Kier alpha value is -2.92. The van der Waals surface area contributed by atoms with E-state index in [2.05, 4.69) is 32.8 Å². The number of rotatable bonds is 9. The van der Waals surface area contributed by atoms with Crippen LogP contribution in [0, 0.1) is 17.1 Å². The van der Waals surface area contributed by atoms with Gasteiger partial charge in [0.1, 0.15) is 29.0 Å². The third-order valence-corrected chi connectivity index (χ3v) is 3.61. The van der Waals surface area contributed by atoms with Crippen molar-refractivity contribution in [2.75, 3.05) is 30.8 Å². The highest BCUT2D eigenvalue weighted by atomic mass is 19.1. The molecule has 1 aromatic heterocycles. The van der Waals surface area contributed by atoms with Crippen LogP contribution in [0.25, 0.3) is 0 Å². The number of benzene rings is 1. The van der Waals surface area contributed by atoms with Gasteiger partial charge in [-0.1, -0.05) is 6.92 Å². The molecule has 0 atom stereocenters. The molecule has 0 fully saturated rings. The third kappa shape index (κ3) is 4.80. The zero-order valence-corrected chi connectivity index (χ0v) is 15.2. The Labute approximate surface area is 152 Å².